The first-order chi connectivity index (χ1) is 9.56. The van der Waals surface area contributed by atoms with Crippen LogP contribution in [0.15, 0.2) is 24.3 Å². The highest BCUT2D eigenvalue weighted by molar-refractivity contribution is 6.30. The van der Waals surface area contributed by atoms with Gasteiger partial charge in [-0.15, -0.1) is 0 Å². The van der Waals surface area contributed by atoms with Crippen molar-refractivity contribution < 1.29 is 14.7 Å². The van der Waals surface area contributed by atoms with Crippen LogP contribution in [0.5, 0.6) is 0 Å². The van der Waals surface area contributed by atoms with Crippen molar-refractivity contribution in [1.82, 2.24) is 10.2 Å². The van der Waals surface area contributed by atoms with E-state index in [4.69, 9.17) is 11.6 Å². The third kappa shape index (κ3) is 3.95. The normalized spacial score (nSPS) is 18.7. The molecule has 20 heavy (non-hydrogen) atoms. The molecule has 1 atom stereocenters. The van der Waals surface area contributed by atoms with E-state index < -0.39 is 6.10 Å². The lowest BCUT2D eigenvalue weighted by Crippen LogP contribution is -2.46. The van der Waals surface area contributed by atoms with Crippen LogP contribution < -0.4 is 5.32 Å². The molecule has 0 unspecified atom stereocenters. The Morgan fingerprint density at radius 3 is 2.95 bits per heavy atom. The molecule has 2 amide bonds. The number of halogens is 1. The standard InChI is InChI=1S/C14H17ClN2O3/c15-11-4-1-3-10(7-11)14(20)16-8-13(19)17-6-2-5-12(18)9-17/h1,3-4,7,12,18H,2,5-6,8-9H2,(H,16,20)/t12-/m0/s1. The zero-order valence-corrected chi connectivity index (χ0v) is 11.8. The predicted molar refractivity (Wildman–Crippen MR) is 75.6 cm³/mol. The number of piperidine rings is 1. The average molecular weight is 297 g/mol. The minimum atomic E-state index is -0.462. The number of nitrogens with one attached hydrogen (secondary N) is 1. The van der Waals surface area contributed by atoms with Crippen LogP contribution in [0.25, 0.3) is 0 Å². The lowest BCUT2D eigenvalue weighted by molar-refractivity contribution is -0.133. The van der Waals surface area contributed by atoms with E-state index in [-0.39, 0.29) is 18.4 Å². The SMILES string of the molecule is O=C(NCC(=O)N1CCC[C@H](O)C1)c1cccc(Cl)c1. The van der Waals surface area contributed by atoms with Crippen molar-refractivity contribution in [3.63, 3.8) is 0 Å². The van der Waals surface area contributed by atoms with E-state index in [0.717, 1.165) is 12.8 Å². The fourth-order valence-corrected chi connectivity index (χ4v) is 2.37. The third-order valence-corrected chi connectivity index (χ3v) is 3.47. The lowest BCUT2D eigenvalue weighted by Gasteiger charge is -2.30. The Morgan fingerprint density at radius 2 is 2.25 bits per heavy atom. The Balaban J connectivity index is 1.85. The van der Waals surface area contributed by atoms with Crippen LogP contribution in [0.3, 0.4) is 0 Å². The molecule has 1 aliphatic heterocycles. The van der Waals surface area contributed by atoms with Gasteiger partial charge in [-0.05, 0) is 31.0 Å². The van der Waals surface area contributed by atoms with Gasteiger partial charge in [-0.1, -0.05) is 17.7 Å². The van der Waals surface area contributed by atoms with E-state index in [0.29, 0.717) is 23.7 Å². The molecule has 0 spiro atoms. The summed E-state index contributed by atoms with van der Waals surface area (Å²) in [5.41, 5.74) is 0.420. The Bertz CT molecular complexity index is 507. The molecule has 0 saturated carbocycles. The van der Waals surface area contributed by atoms with Crippen molar-refractivity contribution >= 4 is 23.4 Å². The predicted octanol–water partition coefficient (Wildman–Crippen LogP) is 1.05. The molecule has 0 aliphatic carbocycles. The molecular weight excluding hydrogens is 280 g/mol. The second kappa shape index (κ2) is 6.72. The first-order valence-corrected chi connectivity index (χ1v) is 6.93. The molecule has 1 saturated heterocycles. The highest BCUT2D eigenvalue weighted by Crippen LogP contribution is 2.11. The van der Waals surface area contributed by atoms with Crippen molar-refractivity contribution in [3.8, 4) is 0 Å². The zero-order valence-electron chi connectivity index (χ0n) is 11.0. The minimum Gasteiger partial charge on any atom is -0.391 e. The van der Waals surface area contributed by atoms with Crippen LogP contribution in [0.4, 0.5) is 0 Å². The van der Waals surface area contributed by atoms with Crippen molar-refractivity contribution in [1.29, 1.82) is 0 Å². The Morgan fingerprint density at radius 1 is 1.45 bits per heavy atom. The number of hydrogen-bond acceptors (Lipinski definition) is 3. The van der Waals surface area contributed by atoms with Gasteiger partial charge in [0.2, 0.25) is 5.91 Å². The quantitative estimate of drug-likeness (QED) is 0.876. The molecule has 108 valence electrons. The number of aliphatic hydroxyl groups excluding tert-OH is 1. The number of carbonyl (C=O) groups excluding carboxylic acids is 2. The van der Waals surface area contributed by atoms with E-state index in [1.807, 2.05) is 0 Å². The topological polar surface area (TPSA) is 69.6 Å². The van der Waals surface area contributed by atoms with Gasteiger partial charge in [-0.25, -0.2) is 0 Å². The van der Waals surface area contributed by atoms with Crippen molar-refractivity contribution in [2.45, 2.75) is 18.9 Å². The molecule has 1 fully saturated rings. The minimum absolute atomic E-state index is 0.0714. The molecule has 1 aromatic rings. The first kappa shape index (κ1) is 14.8. The van der Waals surface area contributed by atoms with E-state index in [1.54, 1.807) is 29.2 Å². The van der Waals surface area contributed by atoms with E-state index in [1.165, 1.54) is 0 Å². The largest absolute Gasteiger partial charge is 0.391 e. The molecular formula is C14H17ClN2O3. The van der Waals surface area contributed by atoms with Gasteiger partial charge in [0.15, 0.2) is 0 Å². The second-order valence-corrected chi connectivity index (χ2v) is 5.27. The maximum absolute atomic E-state index is 11.9. The van der Waals surface area contributed by atoms with E-state index in [9.17, 15) is 14.7 Å². The smallest absolute Gasteiger partial charge is 0.251 e. The van der Waals surface area contributed by atoms with E-state index in [2.05, 4.69) is 5.32 Å². The van der Waals surface area contributed by atoms with Gasteiger partial charge >= 0.3 is 0 Å². The fraction of sp³-hybridized carbons (Fsp3) is 0.429. The van der Waals surface area contributed by atoms with Gasteiger partial charge in [0.05, 0.1) is 12.6 Å². The summed E-state index contributed by atoms with van der Waals surface area (Å²) in [7, 11) is 0. The maximum atomic E-state index is 11.9. The summed E-state index contributed by atoms with van der Waals surface area (Å²) in [6.07, 6.45) is 1.05. The Kier molecular flexibility index (Phi) is 4.98. The van der Waals surface area contributed by atoms with Gasteiger partial charge < -0.3 is 15.3 Å². The van der Waals surface area contributed by atoms with Gasteiger partial charge in [0.25, 0.3) is 5.91 Å². The summed E-state index contributed by atoms with van der Waals surface area (Å²) in [6, 6.07) is 6.54. The maximum Gasteiger partial charge on any atom is 0.251 e. The summed E-state index contributed by atoms with van der Waals surface area (Å²) in [5.74, 6) is -0.516. The summed E-state index contributed by atoms with van der Waals surface area (Å²) in [4.78, 5) is 25.4. The number of aliphatic hydroxyl groups is 1. The first-order valence-electron chi connectivity index (χ1n) is 6.56. The number of nitrogens with zero attached hydrogens (tertiary/aromatic N) is 1. The van der Waals surface area contributed by atoms with Crippen LogP contribution >= 0.6 is 11.6 Å². The van der Waals surface area contributed by atoms with Gasteiger partial charge in [0.1, 0.15) is 0 Å². The molecule has 0 aromatic heterocycles. The molecule has 2 N–H and O–H groups in total. The van der Waals surface area contributed by atoms with E-state index >= 15 is 0 Å². The fourth-order valence-electron chi connectivity index (χ4n) is 2.18. The van der Waals surface area contributed by atoms with Crippen LogP contribution in [-0.2, 0) is 4.79 Å². The van der Waals surface area contributed by atoms with Crippen LogP contribution in [0.2, 0.25) is 5.02 Å². The second-order valence-electron chi connectivity index (χ2n) is 4.83. The summed E-state index contributed by atoms with van der Waals surface area (Å²) >= 11 is 5.81. The Labute approximate surface area is 122 Å². The number of likely N-dealkylation sites (tertiary alicyclic amines) is 1. The summed E-state index contributed by atoms with van der Waals surface area (Å²) in [5, 5.41) is 12.6. The molecule has 5 nitrogen and oxygen atoms in total. The summed E-state index contributed by atoms with van der Waals surface area (Å²) < 4.78 is 0. The van der Waals surface area contributed by atoms with Crippen molar-refractivity contribution in [3.05, 3.63) is 34.9 Å². The Hall–Kier alpha value is -1.59. The van der Waals surface area contributed by atoms with Gasteiger partial charge in [-0.3, -0.25) is 9.59 Å². The van der Waals surface area contributed by atoms with Gasteiger partial charge in [0, 0.05) is 23.7 Å². The number of hydrogen-bond donors (Lipinski definition) is 2. The monoisotopic (exact) mass is 296 g/mol. The van der Waals surface area contributed by atoms with Crippen LogP contribution in [-0.4, -0.2) is 47.6 Å². The number of β-amino-alcohol motifs (C(OH)–C–C–N with tert-alkyl or cyclic N) is 1. The molecule has 1 heterocycles. The molecule has 1 aliphatic rings. The van der Waals surface area contributed by atoms with Crippen LogP contribution in [0, 0.1) is 0 Å². The molecule has 2 rings (SSSR count). The third-order valence-electron chi connectivity index (χ3n) is 3.24. The number of benzene rings is 1. The highest BCUT2D eigenvalue weighted by Gasteiger charge is 2.22. The molecule has 0 radical (unpaired) electrons. The highest BCUT2D eigenvalue weighted by atomic mass is 35.5. The zero-order chi connectivity index (χ0) is 14.5. The van der Waals surface area contributed by atoms with Crippen molar-refractivity contribution in [2.75, 3.05) is 19.6 Å². The number of amides is 2. The molecule has 6 heteroatoms. The van der Waals surface area contributed by atoms with Crippen LogP contribution in [0.1, 0.15) is 23.2 Å². The molecule has 0 bridgehead atoms. The molecule has 1 aromatic carbocycles. The summed E-state index contributed by atoms with van der Waals surface area (Å²) in [6.45, 7) is 0.896. The number of carbonyl (C=O) groups is 2. The van der Waals surface area contributed by atoms with Gasteiger partial charge in [-0.2, -0.15) is 0 Å². The number of rotatable bonds is 3. The lowest BCUT2D eigenvalue weighted by atomic mass is 10.1. The average Bonchev–Trinajstić information content (AvgIpc) is 2.44. The van der Waals surface area contributed by atoms with Crippen molar-refractivity contribution in [2.24, 2.45) is 0 Å².